The SMILES string of the molecule is Cc1ccc(/C=C(/NC(=O)c2ccccc2)C(=O)Nc2cccc(SCC(=O)Nc3ccc(C)cc3C)c2)cc1. The van der Waals surface area contributed by atoms with Gasteiger partial charge in [0.1, 0.15) is 5.70 Å². The van der Waals surface area contributed by atoms with Crippen LogP contribution in [0.15, 0.2) is 108 Å². The summed E-state index contributed by atoms with van der Waals surface area (Å²) in [5, 5.41) is 8.58. The number of aryl methyl sites for hydroxylation is 3. The lowest BCUT2D eigenvalue weighted by Gasteiger charge is -2.12. The number of amides is 3. The van der Waals surface area contributed by atoms with Crippen LogP contribution in [0, 0.1) is 20.8 Å². The number of carbonyl (C=O) groups excluding carboxylic acids is 3. The minimum Gasteiger partial charge on any atom is -0.325 e. The summed E-state index contributed by atoms with van der Waals surface area (Å²) in [6.45, 7) is 5.96. The van der Waals surface area contributed by atoms with Crippen molar-refractivity contribution in [3.8, 4) is 0 Å². The summed E-state index contributed by atoms with van der Waals surface area (Å²) >= 11 is 1.37. The molecule has 0 aliphatic rings. The van der Waals surface area contributed by atoms with E-state index in [1.54, 1.807) is 42.5 Å². The van der Waals surface area contributed by atoms with Crippen molar-refractivity contribution < 1.29 is 14.4 Å². The molecular weight excluding hydrogens is 518 g/mol. The molecule has 4 rings (SSSR count). The Hall–Kier alpha value is -4.62. The molecule has 0 spiro atoms. The van der Waals surface area contributed by atoms with Crippen LogP contribution in [0.25, 0.3) is 6.08 Å². The fourth-order valence-electron chi connectivity index (χ4n) is 3.92. The zero-order chi connectivity index (χ0) is 28.5. The molecule has 4 aromatic carbocycles. The Balaban J connectivity index is 1.44. The van der Waals surface area contributed by atoms with E-state index in [0.29, 0.717) is 11.3 Å². The van der Waals surface area contributed by atoms with Gasteiger partial charge in [-0.2, -0.15) is 0 Å². The zero-order valence-electron chi connectivity index (χ0n) is 22.7. The Labute approximate surface area is 238 Å². The van der Waals surface area contributed by atoms with Crippen LogP contribution in [0.2, 0.25) is 0 Å². The second-order valence-electron chi connectivity index (χ2n) is 9.43. The third-order valence-corrected chi connectivity index (χ3v) is 7.03. The van der Waals surface area contributed by atoms with E-state index in [1.807, 2.05) is 81.4 Å². The highest BCUT2D eigenvalue weighted by Gasteiger charge is 2.15. The second-order valence-corrected chi connectivity index (χ2v) is 10.5. The van der Waals surface area contributed by atoms with Crippen molar-refractivity contribution in [3.63, 3.8) is 0 Å². The highest BCUT2D eigenvalue weighted by Crippen LogP contribution is 2.23. The summed E-state index contributed by atoms with van der Waals surface area (Å²) in [6, 6.07) is 29.5. The van der Waals surface area contributed by atoms with Gasteiger partial charge in [-0.05, 0) is 74.4 Å². The Morgan fingerprint density at radius 1 is 0.750 bits per heavy atom. The first kappa shape index (κ1) is 28.4. The van der Waals surface area contributed by atoms with E-state index in [2.05, 4.69) is 16.0 Å². The maximum Gasteiger partial charge on any atom is 0.272 e. The number of nitrogens with one attached hydrogen (secondary N) is 3. The number of rotatable bonds is 9. The van der Waals surface area contributed by atoms with E-state index < -0.39 is 5.91 Å². The normalized spacial score (nSPS) is 11.0. The predicted octanol–water partition coefficient (Wildman–Crippen LogP) is 6.75. The van der Waals surface area contributed by atoms with Crippen LogP contribution < -0.4 is 16.0 Å². The number of benzene rings is 4. The number of anilines is 2. The first-order valence-corrected chi connectivity index (χ1v) is 13.8. The maximum absolute atomic E-state index is 13.3. The van der Waals surface area contributed by atoms with Gasteiger partial charge in [0.15, 0.2) is 0 Å². The van der Waals surface area contributed by atoms with E-state index in [1.165, 1.54) is 11.8 Å². The van der Waals surface area contributed by atoms with Crippen molar-refractivity contribution in [2.45, 2.75) is 25.7 Å². The van der Waals surface area contributed by atoms with Crippen LogP contribution in [0.4, 0.5) is 11.4 Å². The van der Waals surface area contributed by atoms with Gasteiger partial charge in [-0.1, -0.05) is 71.8 Å². The predicted molar refractivity (Wildman–Crippen MR) is 163 cm³/mol. The molecule has 0 aliphatic heterocycles. The molecule has 0 aliphatic carbocycles. The van der Waals surface area contributed by atoms with Crippen molar-refractivity contribution in [3.05, 3.63) is 131 Å². The molecule has 0 aromatic heterocycles. The van der Waals surface area contributed by atoms with Crippen LogP contribution in [-0.2, 0) is 9.59 Å². The first-order valence-electron chi connectivity index (χ1n) is 12.8. The quantitative estimate of drug-likeness (QED) is 0.159. The van der Waals surface area contributed by atoms with Gasteiger partial charge < -0.3 is 16.0 Å². The number of hydrogen-bond acceptors (Lipinski definition) is 4. The summed E-state index contributed by atoms with van der Waals surface area (Å²) in [6.07, 6.45) is 1.64. The molecule has 202 valence electrons. The van der Waals surface area contributed by atoms with Gasteiger partial charge in [0, 0.05) is 21.8 Å². The van der Waals surface area contributed by atoms with Gasteiger partial charge >= 0.3 is 0 Å². The minimum absolute atomic E-state index is 0.113. The molecule has 0 unspecified atom stereocenters. The second kappa shape index (κ2) is 13.4. The van der Waals surface area contributed by atoms with Crippen molar-refractivity contribution in [2.24, 2.45) is 0 Å². The van der Waals surface area contributed by atoms with Crippen molar-refractivity contribution in [1.29, 1.82) is 0 Å². The smallest absolute Gasteiger partial charge is 0.272 e. The van der Waals surface area contributed by atoms with E-state index in [4.69, 9.17) is 0 Å². The average molecular weight is 550 g/mol. The molecule has 0 saturated heterocycles. The lowest BCUT2D eigenvalue weighted by Crippen LogP contribution is -2.30. The van der Waals surface area contributed by atoms with Crippen LogP contribution in [0.3, 0.4) is 0 Å². The van der Waals surface area contributed by atoms with Crippen LogP contribution >= 0.6 is 11.8 Å². The van der Waals surface area contributed by atoms with Crippen LogP contribution in [0.1, 0.15) is 32.6 Å². The third kappa shape index (κ3) is 8.19. The molecular formula is C33H31N3O3S. The fraction of sp³-hybridized carbons (Fsp3) is 0.121. The number of hydrogen-bond donors (Lipinski definition) is 3. The Bertz CT molecular complexity index is 1550. The van der Waals surface area contributed by atoms with Crippen LogP contribution in [0.5, 0.6) is 0 Å². The molecule has 6 nitrogen and oxygen atoms in total. The first-order chi connectivity index (χ1) is 19.3. The van der Waals surface area contributed by atoms with Crippen molar-refractivity contribution in [2.75, 3.05) is 16.4 Å². The van der Waals surface area contributed by atoms with Gasteiger partial charge in [-0.15, -0.1) is 11.8 Å². The number of thioether (sulfide) groups is 1. The van der Waals surface area contributed by atoms with Gasteiger partial charge in [-0.25, -0.2) is 0 Å². The standard InChI is InChI=1S/C33H31N3O3S/c1-22-12-15-25(16-13-22)19-30(36-32(38)26-8-5-4-6-9-26)33(39)34-27-10-7-11-28(20-27)40-21-31(37)35-29-17-14-23(2)18-24(29)3/h4-20H,21H2,1-3H3,(H,34,39)(H,35,37)(H,36,38)/b30-19+. The van der Waals surface area contributed by atoms with E-state index in [-0.39, 0.29) is 23.3 Å². The van der Waals surface area contributed by atoms with Crippen molar-refractivity contribution >= 4 is 46.9 Å². The van der Waals surface area contributed by atoms with Gasteiger partial charge in [0.2, 0.25) is 5.91 Å². The largest absolute Gasteiger partial charge is 0.325 e. The Kier molecular flexibility index (Phi) is 9.54. The van der Waals surface area contributed by atoms with Gasteiger partial charge in [0.05, 0.1) is 5.75 Å². The lowest BCUT2D eigenvalue weighted by molar-refractivity contribution is -0.114. The molecule has 0 radical (unpaired) electrons. The van der Waals surface area contributed by atoms with E-state index in [9.17, 15) is 14.4 Å². The molecule has 7 heteroatoms. The monoisotopic (exact) mass is 549 g/mol. The molecule has 4 aromatic rings. The fourth-order valence-corrected chi connectivity index (χ4v) is 4.68. The molecule has 3 N–H and O–H groups in total. The van der Waals surface area contributed by atoms with E-state index in [0.717, 1.165) is 32.8 Å². The van der Waals surface area contributed by atoms with Crippen LogP contribution in [-0.4, -0.2) is 23.5 Å². The zero-order valence-corrected chi connectivity index (χ0v) is 23.5. The molecule has 0 heterocycles. The minimum atomic E-state index is -0.459. The van der Waals surface area contributed by atoms with Crippen molar-refractivity contribution in [1.82, 2.24) is 5.32 Å². The lowest BCUT2D eigenvalue weighted by atomic mass is 10.1. The van der Waals surface area contributed by atoms with Gasteiger partial charge in [0.25, 0.3) is 11.8 Å². The average Bonchev–Trinajstić information content (AvgIpc) is 2.95. The van der Waals surface area contributed by atoms with E-state index >= 15 is 0 Å². The molecule has 0 bridgehead atoms. The van der Waals surface area contributed by atoms with Gasteiger partial charge in [-0.3, -0.25) is 14.4 Å². The highest BCUT2D eigenvalue weighted by molar-refractivity contribution is 8.00. The summed E-state index contributed by atoms with van der Waals surface area (Å²) in [7, 11) is 0. The molecule has 0 fully saturated rings. The number of carbonyl (C=O) groups is 3. The molecule has 40 heavy (non-hydrogen) atoms. The molecule has 0 atom stereocenters. The summed E-state index contributed by atoms with van der Waals surface area (Å²) in [5.74, 6) is -0.734. The topological polar surface area (TPSA) is 87.3 Å². The third-order valence-electron chi connectivity index (χ3n) is 6.03. The Morgan fingerprint density at radius 3 is 2.20 bits per heavy atom. The summed E-state index contributed by atoms with van der Waals surface area (Å²) < 4.78 is 0. The molecule has 0 saturated carbocycles. The highest BCUT2D eigenvalue weighted by atomic mass is 32.2. The Morgan fingerprint density at radius 2 is 1.48 bits per heavy atom. The maximum atomic E-state index is 13.3. The summed E-state index contributed by atoms with van der Waals surface area (Å²) in [5.41, 5.74) is 5.93. The molecule has 3 amide bonds. The summed E-state index contributed by atoms with van der Waals surface area (Å²) in [4.78, 5) is 39.5.